The highest BCUT2D eigenvalue weighted by molar-refractivity contribution is 6.01. The number of primary amides is 1. The quantitative estimate of drug-likeness (QED) is 0.0727. The summed E-state index contributed by atoms with van der Waals surface area (Å²) in [7, 11) is 0. The molecule has 4 aromatic heterocycles. The molecular weight excluding hydrogens is 1310 g/mol. The van der Waals surface area contributed by atoms with Crippen LogP contribution >= 0.6 is 0 Å². The Morgan fingerprint density at radius 3 is 1.88 bits per heavy atom. The minimum Gasteiger partial charge on any atom is -0.508 e. The third-order valence-electron chi connectivity index (χ3n) is 17.5. The molecular formula is C66H78F2N18O14. The Labute approximate surface area is 569 Å². The van der Waals surface area contributed by atoms with E-state index in [2.05, 4.69) is 78.1 Å². The van der Waals surface area contributed by atoms with Gasteiger partial charge in [0.25, 0.3) is 0 Å². The predicted octanol–water partition coefficient (Wildman–Crippen LogP) is -0.590. The zero-order chi connectivity index (χ0) is 71.9. The first-order chi connectivity index (χ1) is 47.7. The van der Waals surface area contributed by atoms with Gasteiger partial charge in [-0.25, -0.2) is 13.8 Å². The van der Waals surface area contributed by atoms with Gasteiger partial charge in [0.1, 0.15) is 71.3 Å². The second kappa shape index (κ2) is 32.6. The van der Waals surface area contributed by atoms with Gasteiger partial charge in [-0.05, 0) is 124 Å². The van der Waals surface area contributed by atoms with Gasteiger partial charge in [-0.1, -0.05) is 17.3 Å². The number of aromatic nitrogens is 7. The van der Waals surface area contributed by atoms with Crippen LogP contribution in [0.4, 0.5) is 8.78 Å². The minimum absolute atomic E-state index is 0.00941. The number of rotatable bonds is 12. The number of carboxylic acid groups (broad SMARTS) is 1. The molecule has 9 atom stereocenters. The summed E-state index contributed by atoms with van der Waals surface area (Å²) in [4.78, 5) is 183. The highest BCUT2D eigenvalue weighted by Gasteiger charge is 2.49. The number of hydrogen-bond donors (Lipinski definition) is 15. The van der Waals surface area contributed by atoms with Crippen molar-refractivity contribution in [2.45, 2.75) is 158 Å². The summed E-state index contributed by atoms with van der Waals surface area (Å²) in [5.41, 5.74) is 6.68. The summed E-state index contributed by atoms with van der Waals surface area (Å²) in [6.07, 6.45) is 5.60. The zero-order valence-corrected chi connectivity index (χ0v) is 54.7. The molecule has 0 spiro atoms. The van der Waals surface area contributed by atoms with Crippen molar-refractivity contribution < 1.29 is 76.5 Å². The number of benzene rings is 3. The highest BCUT2D eigenvalue weighted by atomic mass is 19.1. The number of phenols is 1. The number of nitrogens with one attached hydrogen (secondary N) is 12. The molecule has 2 aliphatic rings. The van der Waals surface area contributed by atoms with Crippen LogP contribution in [-0.4, -0.2) is 188 Å². The van der Waals surface area contributed by atoms with E-state index in [0.29, 0.717) is 22.3 Å². The van der Waals surface area contributed by atoms with Crippen molar-refractivity contribution in [2.24, 2.45) is 5.73 Å². The molecule has 0 aliphatic carbocycles. The number of nitrogens with zero attached hydrogens (tertiary/aromatic N) is 5. The summed E-state index contributed by atoms with van der Waals surface area (Å²) >= 11 is 0. The number of carbonyl (C=O) groups is 12. The van der Waals surface area contributed by atoms with E-state index in [9.17, 15) is 66.9 Å². The number of aryl methyl sites for hydroxylation is 2. The largest absolute Gasteiger partial charge is 0.508 e. The van der Waals surface area contributed by atoms with Crippen LogP contribution in [0.1, 0.15) is 93.8 Å². The number of fused-ring (bicyclic) bond motifs is 5. The van der Waals surface area contributed by atoms with Crippen molar-refractivity contribution in [2.75, 3.05) is 13.1 Å². The Bertz CT molecular complexity index is 4200. The molecule has 3 aromatic carbocycles. The molecule has 32 nitrogen and oxygen atoms in total. The van der Waals surface area contributed by atoms with Gasteiger partial charge in [-0.2, -0.15) is 0 Å². The van der Waals surface area contributed by atoms with Crippen LogP contribution in [0.2, 0.25) is 0 Å². The molecule has 7 aromatic rings. The highest BCUT2D eigenvalue weighted by Crippen LogP contribution is 2.31. The van der Waals surface area contributed by atoms with E-state index in [1.165, 1.54) is 110 Å². The molecule has 530 valence electrons. The zero-order valence-electron chi connectivity index (χ0n) is 54.7. The van der Waals surface area contributed by atoms with Crippen LogP contribution in [0.3, 0.4) is 0 Å². The van der Waals surface area contributed by atoms with Crippen molar-refractivity contribution >= 4 is 92.8 Å². The monoisotopic (exact) mass is 1380 g/mol. The van der Waals surface area contributed by atoms with E-state index in [1.54, 1.807) is 6.20 Å². The first-order valence-electron chi connectivity index (χ1n) is 32.3. The fourth-order valence-corrected chi connectivity index (χ4v) is 12.2. The van der Waals surface area contributed by atoms with Gasteiger partial charge < -0.3 is 83.6 Å². The fraction of sp³-hybridized carbons (Fsp3) is 0.409. The van der Waals surface area contributed by atoms with Gasteiger partial charge in [-0.3, -0.25) is 62.2 Å². The molecule has 2 bridgehead atoms. The lowest BCUT2D eigenvalue weighted by Gasteiger charge is -2.37. The van der Waals surface area contributed by atoms with Crippen molar-refractivity contribution in [3.05, 3.63) is 131 Å². The summed E-state index contributed by atoms with van der Waals surface area (Å²) in [5, 5.41) is 52.4. The van der Waals surface area contributed by atoms with Crippen molar-refractivity contribution in [1.29, 1.82) is 0 Å². The molecule has 0 unspecified atom stereocenters. The summed E-state index contributed by atoms with van der Waals surface area (Å²) in [6.45, 7) is 3.39. The molecule has 9 rings (SSSR count). The molecule has 2 aliphatic heterocycles. The number of carbonyl (C=O) groups excluding carboxylic acids is 11. The lowest BCUT2D eigenvalue weighted by atomic mass is 9.94. The Morgan fingerprint density at radius 2 is 1.28 bits per heavy atom. The van der Waals surface area contributed by atoms with Crippen molar-refractivity contribution in [3.8, 4) is 5.75 Å². The third kappa shape index (κ3) is 18.9. The number of aromatic amines is 3. The van der Waals surface area contributed by atoms with E-state index in [-0.39, 0.29) is 97.8 Å². The summed E-state index contributed by atoms with van der Waals surface area (Å²) in [5.74, 6) is -13.3. The van der Waals surface area contributed by atoms with Crippen molar-refractivity contribution in [1.82, 2.24) is 87.7 Å². The molecule has 11 amide bonds. The van der Waals surface area contributed by atoms with E-state index < -0.39 is 169 Å². The van der Waals surface area contributed by atoms with Gasteiger partial charge in [0, 0.05) is 98.0 Å². The van der Waals surface area contributed by atoms with Crippen molar-refractivity contribution in [3.63, 3.8) is 0 Å². The fourth-order valence-electron chi connectivity index (χ4n) is 12.2. The average molecular weight is 1390 g/mol. The number of phenolic OH excluding ortho intramolecular Hbond substituents is 1. The Balaban J connectivity index is 1.06. The Kier molecular flexibility index (Phi) is 23.7. The predicted molar refractivity (Wildman–Crippen MR) is 351 cm³/mol. The molecule has 34 heteroatoms. The number of nitrogens with two attached hydrogens (primary N) is 1. The topological polar surface area (TPSA) is 474 Å². The number of halogens is 2. The standard InChI is InChI=1S/C66H78F2N18O14/c1-34-58(93)73-31-55(89)77-50(22-37-28-71-46-16-12-39(67)24-44(37)46)60(95)78-51(23-38-29-72-47-17-13-40(68)25-45(38)47)61(96)80-53(27-56(90)91)63(98)79-52(26-42-30-70-33-74-42)62(97)81-54(21-36-10-14-43(88)15-11-36)64(99)86-20-6-18-66(86,3)65(100)82-48(57(69)92)8-4-7-41-32-85(84-83-41)19-5-9-49(59(94)75-34)76-35(2)87/h10-17,24-25,28-30,32-34,48-54,71-72,88H,4-9,18-23,26-27,31H2,1-3H3,(H2,69,92)(H,70,74)(H,73,93)(H,75,94)(H,76,87)(H,77,89)(H,78,95)(H,79,98)(H,80,96)(H,81,97)(H,82,100)(H,90,91)/t34-,48-,49-,50-,51-,52-,53-,54-,66-/m0/s1. The first kappa shape index (κ1) is 72.7. The number of aromatic hydroxyl groups is 1. The molecule has 0 radical (unpaired) electrons. The van der Waals surface area contributed by atoms with Crippen LogP contribution in [0.25, 0.3) is 21.8 Å². The lowest BCUT2D eigenvalue weighted by molar-refractivity contribution is -0.147. The van der Waals surface area contributed by atoms with Crippen LogP contribution in [0.15, 0.2) is 91.8 Å². The van der Waals surface area contributed by atoms with Crippen LogP contribution in [0, 0.1) is 11.6 Å². The first-order valence-corrected chi connectivity index (χ1v) is 32.3. The van der Waals surface area contributed by atoms with Gasteiger partial charge in [0.05, 0.1) is 25.0 Å². The maximum atomic E-state index is 15.2. The maximum Gasteiger partial charge on any atom is 0.305 e. The minimum atomic E-state index is -2.06. The molecule has 0 saturated carbocycles. The second-order valence-corrected chi connectivity index (χ2v) is 25.0. The number of carboxylic acids is 1. The molecule has 16 N–H and O–H groups in total. The lowest BCUT2D eigenvalue weighted by Crippen LogP contribution is -2.63. The third-order valence-corrected chi connectivity index (χ3v) is 17.5. The number of amides is 11. The molecule has 1 fully saturated rings. The van der Waals surface area contributed by atoms with Gasteiger partial charge in [0.2, 0.25) is 65.0 Å². The van der Waals surface area contributed by atoms with E-state index in [1.807, 2.05) is 0 Å². The number of aliphatic carboxylic acids is 1. The Morgan fingerprint density at radius 1 is 0.680 bits per heavy atom. The Hall–Kier alpha value is -11.6. The SMILES string of the molecule is CC(=O)N[C@H]1CCCn2cc(nn2)CCC[C@@H](C(N)=O)NC(=O)[C@]2(C)CCCN2C(=O)[C@H](Cc2ccc(O)cc2)NC(=O)[C@H](Cc2cnc[nH]2)NC(=O)[C@H](CC(=O)O)NC(=O)[C@H](Cc2c[nH]c3ccc(F)cc23)NC(=O)[C@H](Cc2c[nH]c3ccc(F)cc23)NC(=O)CNC(=O)[C@H](C)NC1=O. The van der Waals surface area contributed by atoms with E-state index in [0.717, 1.165) is 6.07 Å². The average Bonchev–Trinajstić information content (AvgIpc) is 1.60. The number of H-pyrrole nitrogens is 3. The number of imidazole rings is 1. The van der Waals surface area contributed by atoms with Crippen LogP contribution in [0.5, 0.6) is 5.75 Å². The molecule has 1 saturated heterocycles. The van der Waals surface area contributed by atoms with Gasteiger partial charge in [-0.15, -0.1) is 5.10 Å². The maximum absolute atomic E-state index is 15.2. The van der Waals surface area contributed by atoms with Crippen LogP contribution < -0.4 is 53.6 Å². The van der Waals surface area contributed by atoms with E-state index >= 15 is 9.59 Å². The normalized spacial score (nSPS) is 23.5. The van der Waals surface area contributed by atoms with E-state index in [4.69, 9.17) is 5.73 Å². The van der Waals surface area contributed by atoms with Gasteiger partial charge in [0.15, 0.2) is 0 Å². The number of hydrogen-bond acceptors (Lipinski definition) is 16. The molecule has 6 heterocycles. The smallest absolute Gasteiger partial charge is 0.305 e. The summed E-state index contributed by atoms with van der Waals surface area (Å²) < 4.78 is 31.2. The summed E-state index contributed by atoms with van der Waals surface area (Å²) in [6, 6.07) is 0.654. The van der Waals surface area contributed by atoms with Gasteiger partial charge >= 0.3 is 5.97 Å². The molecule has 100 heavy (non-hydrogen) atoms. The second-order valence-electron chi connectivity index (χ2n) is 25.0. The van der Waals surface area contributed by atoms with Crippen LogP contribution in [-0.2, 0) is 96.2 Å².